The summed E-state index contributed by atoms with van der Waals surface area (Å²) in [5, 5.41) is 10.6. The Labute approximate surface area is 138 Å². The van der Waals surface area contributed by atoms with Gasteiger partial charge in [-0.25, -0.2) is 4.79 Å². The van der Waals surface area contributed by atoms with Crippen LogP contribution in [-0.4, -0.2) is 36.3 Å². The van der Waals surface area contributed by atoms with Gasteiger partial charge >= 0.3 is 5.97 Å². The highest BCUT2D eigenvalue weighted by atomic mass is 35.5. The summed E-state index contributed by atoms with van der Waals surface area (Å²) in [4.78, 5) is 22.0. The van der Waals surface area contributed by atoms with Crippen molar-refractivity contribution in [1.82, 2.24) is 0 Å². The molecule has 23 heavy (non-hydrogen) atoms. The standard InChI is InChI=1S/C15H18ClNO6/c1-10(22-9-12-4-2-3-7-21-12)15(18)23-11-5-6-14(17(19)20)13(16)8-11/h5-6,8,10,12H,2-4,7,9H2,1H3. The second-order valence-electron chi connectivity index (χ2n) is 5.26. The van der Waals surface area contributed by atoms with Crippen molar-refractivity contribution in [3.05, 3.63) is 33.3 Å². The highest BCUT2D eigenvalue weighted by molar-refractivity contribution is 6.32. The van der Waals surface area contributed by atoms with E-state index in [0.717, 1.165) is 19.3 Å². The molecule has 1 aliphatic heterocycles. The summed E-state index contributed by atoms with van der Waals surface area (Å²) in [6.45, 7) is 2.63. The third kappa shape index (κ3) is 5.16. The number of halogens is 1. The highest BCUT2D eigenvalue weighted by Gasteiger charge is 2.21. The lowest BCUT2D eigenvalue weighted by molar-refractivity contribution is -0.384. The van der Waals surface area contributed by atoms with E-state index in [9.17, 15) is 14.9 Å². The van der Waals surface area contributed by atoms with Crippen LogP contribution in [0, 0.1) is 10.1 Å². The molecule has 1 aromatic carbocycles. The Hall–Kier alpha value is -1.70. The summed E-state index contributed by atoms with van der Waals surface area (Å²) >= 11 is 5.77. The van der Waals surface area contributed by atoms with Crippen LogP contribution in [0.25, 0.3) is 0 Å². The SMILES string of the molecule is CC(OCC1CCCCO1)C(=O)Oc1ccc([N+](=O)[O-])c(Cl)c1. The van der Waals surface area contributed by atoms with Gasteiger partial charge in [-0.05, 0) is 32.3 Å². The number of nitro benzene ring substituents is 1. The Kier molecular flexibility index (Phi) is 6.32. The second-order valence-corrected chi connectivity index (χ2v) is 5.66. The molecular weight excluding hydrogens is 326 g/mol. The number of ether oxygens (including phenoxy) is 3. The number of nitro groups is 1. The number of rotatable bonds is 6. The van der Waals surface area contributed by atoms with Crippen molar-refractivity contribution in [3.63, 3.8) is 0 Å². The molecule has 2 rings (SSSR count). The molecule has 8 heteroatoms. The first-order chi connectivity index (χ1) is 11.0. The quantitative estimate of drug-likeness (QED) is 0.341. The first-order valence-electron chi connectivity index (χ1n) is 7.36. The van der Waals surface area contributed by atoms with E-state index in [1.54, 1.807) is 6.92 Å². The molecule has 0 saturated carbocycles. The lowest BCUT2D eigenvalue weighted by Crippen LogP contribution is -2.31. The number of benzene rings is 1. The Morgan fingerprint density at radius 3 is 2.91 bits per heavy atom. The molecule has 0 spiro atoms. The predicted octanol–water partition coefficient (Wildman–Crippen LogP) is 3.13. The zero-order valence-electron chi connectivity index (χ0n) is 12.7. The van der Waals surface area contributed by atoms with E-state index in [4.69, 9.17) is 25.8 Å². The first-order valence-corrected chi connectivity index (χ1v) is 7.74. The normalized spacial score (nSPS) is 19.1. The molecule has 126 valence electrons. The molecule has 0 aromatic heterocycles. The van der Waals surface area contributed by atoms with Crippen LogP contribution in [0.15, 0.2) is 18.2 Å². The van der Waals surface area contributed by atoms with Crippen LogP contribution in [0.2, 0.25) is 5.02 Å². The van der Waals surface area contributed by atoms with Gasteiger partial charge in [-0.15, -0.1) is 0 Å². The van der Waals surface area contributed by atoms with Gasteiger partial charge < -0.3 is 14.2 Å². The van der Waals surface area contributed by atoms with E-state index in [1.807, 2.05) is 0 Å². The van der Waals surface area contributed by atoms with Crippen molar-refractivity contribution >= 4 is 23.3 Å². The summed E-state index contributed by atoms with van der Waals surface area (Å²) in [5.41, 5.74) is -0.245. The van der Waals surface area contributed by atoms with Crippen molar-refractivity contribution in [2.24, 2.45) is 0 Å². The second kappa shape index (κ2) is 8.24. The first kappa shape index (κ1) is 17.7. The van der Waals surface area contributed by atoms with Gasteiger partial charge in [0, 0.05) is 18.7 Å². The minimum absolute atomic E-state index is 0.00724. The van der Waals surface area contributed by atoms with Crippen molar-refractivity contribution in [1.29, 1.82) is 0 Å². The van der Waals surface area contributed by atoms with E-state index in [-0.39, 0.29) is 22.6 Å². The van der Waals surface area contributed by atoms with Gasteiger partial charge in [0.05, 0.1) is 17.6 Å². The Morgan fingerprint density at radius 1 is 1.52 bits per heavy atom. The summed E-state index contributed by atoms with van der Waals surface area (Å²) in [7, 11) is 0. The number of nitrogens with zero attached hydrogens (tertiary/aromatic N) is 1. The molecule has 0 amide bonds. The maximum atomic E-state index is 12.0. The van der Waals surface area contributed by atoms with Gasteiger partial charge in [-0.2, -0.15) is 0 Å². The summed E-state index contributed by atoms with van der Waals surface area (Å²) in [6, 6.07) is 3.74. The molecule has 2 atom stereocenters. The molecule has 0 aliphatic carbocycles. The smallest absolute Gasteiger partial charge is 0.340 e. The van der Waals surface area contributed by atoms with Gasteiger partial charge in [0.15, 0.2) is 6.10 Å². The van der Waals surface area contributed by atoms with Crippen LogP contribution < -0.4 is 4.74 Å². The van der Waals surface area contributed by atoms with Crippen LogP contribution in [0.5, 0.6) is 5.75 Å². The van der Waals surface area contributed by atoms with Crippen molar-refractivity contribution in [3.8, 4) is 5.75 Å². The zero-order valence-corrected chi connectivity index (χ0v) is 13.5. The average molecular weight is 344 g/mol. The highest BCUT2D eigenvalue weighted by Crippen LogP contribution is 2.28. The molecule has 1 aliphatic rings. The number of hydrogen-bond donors (Lipinski definition) is 0. The Morgan fingerprint density at radius 2 is 2.30 bits per heavy atom. The van der Waals surface area contributed by atoms with Crippen LogP contribution >= 0.6 is 11.6 Å². The number of hydrogen-bond acceptors (Lipinski definition) is 6. The maximum absolute atomic E-state index is 12.0. The lowest BCUT2D eigenvalue weighted by Gasteiger charge is -2.23. The van der Waals surface area contributed by atoms with Gasteiger partial charge in [-0.3, -0.25) is 10.1 Å². The fraction of sp³-hybridized carbons (Fsp3) is 0.533. The molecule has 1 aromatic rings. The molecule has 1 saturated heterocycles. The van der Waals surface area contributed by atoms with Gasteiger partial charge in [0.2, 0.25) is 0 Å². The fourth-order valence-corrected chi connectivity index (χ4v) is 2.40. The van der Waals surface area contributed by atoms with E-state index >= 15 is 0 Å². The van der Waals surface area contributed by atoms with E-state index in [0.29, 0.717) is 13.2 Å². The van der Waals surface area contributed by atoms with E-state index < -0.39 is 17.0 Å². The van der Waals surface area contributed by atoms with E-state index in [2.05, 4.69) is 0 Å². The van der Waals surface area contributed by atoms with Crippen molar-refractivity contribution in [2.75, 3.05) is 13.2 Å². The third-order valence-electron chi connectivity index (χ3n) is 3.47. The minimum Gasteiger partial charge on any atom is -0.425 e. The number of carbonyl (C=O) groups is 1. The Balaban J connectivity index is 1.85. The van der Waals surface area contributed by atoms with Gasteiger partial charge in [0.25, 0.3) is 5.69 Å². The number of carbonyl (C=O) groups excluding carboxylic acids is 1. The van der Waals surface area contributed by atoms with Crippen molar-refractivity contribution < 1.29 is 23.9 Å². The molecule has 0 N–H and O–H groups in total. The molecule has 0 bridgehead atoms. The van der Waals surface area contributed by atoms with Gasteiger partial charge in [-0.1, -0.05) is 11.6 Å². The van der Waals surface area contributed by atoms with Crippen LogP contribution in [0.1, 0.15) is 26.2 Å². The topological polar surface area (TPSA) is 87.9 Å². The zero-order chi connectivity index (χ0) is 16.8. The third-order valence-corrected chi connectivity index (χ3v) is 3.78. The predicted molar refractivity (Wildman–Crippen MR) is 82.7 cm³/mol. The maximum Gasteiger partial charge on any atom is 0.340 e. The average Bonchev–Trinajstić information content (AvgIpc) is 2.53. The molecular formula is C15H18ClNO6. The van der Waals surface area contributed by atoms with Crippen LogP contribution in [0.4, 0.5) is 5.69 Å². The monoisotopic (exact) mass is 343 g/mol. The molecule has 1 fully saturated rings. The lowest BCUT2D eigenvalue weighted by atomic mass is 10.1. The molecule has 7 nitrogen and oxygen atoms in total. The summed E-state index contributed by atoms with van der Waals surface area (Å²) in [5.74, 6) is -0.458. The van der Waals surface area contributed by atoms with Crippen molar-refractivity contribution in [2.45, 2.75) is 38.4 Å². The van der Waals surface area contributed by atoms with E-state index in [1.165, 1.54) is 18.2 Å². The molecule has 2 unspecified atom stereocenters. The Bertz CT molecular complexity index is 573. The molecule has 1 heterocycles. The van der Waals surface area contributed by atoms with Crippen LogP contribution in [-0.2, 0) is 14.3 Å². The minimum atomic E-state index is -0.769. The molecule has 0 radical (unpaired) electrons. The van der Waals surface area contributed by atoms with Gasteiger partial charge in [0.1, 0.15) is 10.8 Å². The fourth-order valence-electron chi connectivity index (χ4n) is 2.16. The summed E-state index contributed by atoms with van der Waals surface area (Å²) in [6.07, 6.45) is 2.30. The summed E-state index contributed by atoms with van der Waals surface area (Å²) < 4.78 is 16.1. The number of esters is 1. The largest absolute Gasteiger partial charge is 0.425 e. The van der Waals surface area contributed by atoms with Crippen LogP contribution in [0.3, 0.4) is 0 Å².